The average Bonchev–Trinajstić information content (AvgIpc) is 3.04. The lowest BCUT2D eigenvalue weighted by molar-refractivity contribution is -0.0566. The van der Waals surface area contributed by atoms with Gasteiger partial charge in [-0.3, -0.25) is 4.90 Å². The van der Waals surface area contributed by atoms with Crippen molar-refractivity contribution in [2.24, 2.45) is 5.92 Å². The summed E-state index contributed by atoms with van der Waals surface area (Å²) < 4.78 is 17.9. The van der Waals surface area contributed by atoms with E-state index in [4.69, 9.17) is 13.9 Å². The number of hydrogen-bond acceptors (Lipinski definition) is 5. The van der Waals surface area contributed by atoms with E-state index in [0.717, 1.165) is 57.3 Å². The van der Waals surface area contributed by atoms with Crippen LogP contribution in [-0.4, -0.2) is 67.9 Å². The summed E-state index contributed by atoms with van der Waals surface area (Å²) in [5, 5.41) is 0. The molecule has 2 fully saturated rings. The molecule has 0 amide bonds. The fraction of sp³-hybridized carbons (Fsp3) is 0.789. The van der Waals surface area contributed by atoms with E-state index in [1.807, 2.05) is 13.0 Å². The molecule has 5 nitrogen and oxygen atoms in total. The molecule has 2 unspecified atom stereocenters. The first-order valence-electron chi connectivity index (χ1n) is 9.15. The van der Waals surface area contributed by atoms with Gasteiger partial charge in [-0.15, -0.1) is 0 Å². The Balaban J connectivity index is 1.60. The smallest absolute Gasteiger partial charge is 0.118 e. The van der Waals surface area contributed by atoms with Crippen molar-refractivity contribution in [1.82, 2.24) is 9.80 Å². The van der Waals surface area contributed by atoms with Crippen molar-refractivity contribution in [1.29, 1.82) is 0 Å². The lowest BCUT2D eigenvalue weighted by Crippen LogP contribution is -2.44. The molecular weight excluding hydrogens is 304 g/mol. The third kappa shape index (κ3) is 4.39. The van der Waals surface area contributed by atoms with Crippen LogP contribution in [0.25, 0.3) is 0 Å². The van der Waals surface area contributed by atoms with E-state index in [2.05, 4.69) is 36.8 Å². The average molecular weight is 336 g/mol. The minimum absolute atomic E-state index is 0.152. The highest BCUT2D eigenvalue weighted by Gasteiger charge is 2.43. The summed E-state index contributed by atoms with van der Waals surface area (Å²) in [5.41, 5.74) is -0.152. The fourth-order valence-corrected chi connectivity index (χ4v) is 3.79. The Kier molecular flexibility index (Phi) is 5.65. The van der Waals surface area contributed by atoms with Gasteiger partial charge in [-0.2, -0.15) is 0 Å². The second-order valence-electron chi connectivity index (χ2n) is 7.87. The summed E-state index contributed by atoms with van der Waals surface area (Å²) in [4.78, 5) is 4.83. The van der Waals surface area contributed by atoms with Gasteiger partial charge in [-0.05, 0) is 52.3 Å². The number of aryl methyl sites for hydroxylation is 1. The number of rotatable bonds is 5. The van der Waals surface area contributed by atoms with Crippen molar-refractivity contribution in [2.45, 2.75) is 45.4 Å². The van der Waals surface area contributed by atoms with Gasteiger partial charge in [0.25, 0.3) is 0 Å². The van der Waals surface area contributed by atoms with Gasteiger partial charge in [0.2, 0.25) is 0 Å². The van der Waals surface area contributed by atoms with Crippen molar-refractivity contribution < 1.29 is 13.9 Å². The number of hydrogen-bond donors (Lipinski definition) is 0. The van der Waals surface area contributed by atoms with Crippen LogP contribution >= 0.6 is 0 Å². The van der Waals surface area contributed by atoms with Crippen molar-refractivity contribution in [3.05, 3.63) is 23.7 Å². The Morgan fingerprint density at radius 2 is 2.21 bits per heavy atom. The molecule has 3 rings (SSSR count). The van der Waals surface area contributed by atoms with Crippen LogP contribution in [0.1, 0.15) is 31.8 Å². The highest BCUT2D eigenvalue weighted by molar-refractivity contribution is 5.06. The standard InChI is InChI=1S/C19H32N2O3/c1-15(2)20(4)10-17-9-19(23-12-17)13-21(7-8-22-14-19)11-18-6-5-16(3)24-18/h5-6,15,17H,7-14H2,1-4H3. The highest BCUT2D eigenvalue weighted by Crippen LogP contribution is 2.33. The Morgan fingerprint density at radius 3 is 2.92 bits per heavy atom. The summed E-state index contributed by atoms with van der Waals surface area (Å²) in [7, 11) is 2.20. The largest absolute Gasteiger partial charge is 0.465 e. The van der Waals surface area contributed by atoms with Crippen LogP contribution in [0, 0.1) is 12.8 Å². The molecule has 0 bridgehead atoms. The first-order valence-corrected chi connectivity index (χ1v) is 9.15. The molecule has 0 radical (unpaired) electrons. The third-order valence-corrected chi connectivity index (χ3v) is 5.32. The van der Waals surface area contributed by atoms with Gasteiger partial charge in [0.15, 0.2) is 0 Å². The van der Waals surface area contributed by atoms with Gasteiger partial charge in [-0.25, -0.2) is 0 Å². The number of ether oxygens (including phenoxy) is 2. The van der Waals surface area contributed by atoms with Crippen LogP contribution < -0.4 is 0 Å². The van der Waals surface area contributed by atoms with Crippen LogP contribution in [0.2, 0.25) is 0 Å². The Morgan fingerprint density at radius 1 is 1.38 bits per heavy atom. The zero-order valence-corrected chi connectivity index (χ0v) is 15.6. The van der Waals surface area contributed by atoms with Gasteiger partial charge in [0.1, 0.15) is 17.1 Å². The van der Waals surface area contributed by atoms with Gasteiger partial charge >= 0.3 is 0 Å². The van der Waals surface area contributed by atoms with Crippen molar-refractivity contribution in [3.8, 4) is 0 Å². The second-order valence-corrected chi connectivity index (χ2v) is 7.87. The zero-order valence-electron chi connectivity index (χ0n) is 15.6. The van der Waals surface area contributed by atoms with Crippen LogP contribution in [0.4, 0.5) is 0 Å². The molecular formula is C19H32N2O3. The fourth-order valence-electron chi connectivity index (χ4n) is 3.79. The van der Waals surface area contributed by atoms with E-state index in [9.17, 15) is 0 Å². The summed E-state index contributed by atoms with van der Waals surface area (Å²) in [6, 6.07) is 4.68. The van der Waals surface area contributed by atoms with Crippen molar-refractivity contribution >= 4 is 0 Å². The van der Waals surface area contributed by atoms with E-state index in [1.165, 1.54) is 0 Å². The molecule has 1 aromatic rings. The summed E-state index contributed by atoms with van der Waals surface area (Å²) in [5.74, 6) is 2.59. The van der Waals surface area contributed by atoms with Crippen molar-refractivity contribution in [3.63, 3.8) is 0 Å². The molecule has 136 valence electrons. The molecule has 2 atom stereocenters. The molecule has 3 heterocycles. The third-order valence-electron chi connectivity index (χ3n) is 5.32. The van der Waals surface area contributed by atoms with E-state index < -0.39 is 0 Å². The molecule has 5 heteroatoms. The maximum Gasteiger partial charge on any atom is 0.118 e. The van der Waals surface area contributed by atoms with E-state index in [1.54, 1.807) is 0 Å². The molecule has 2 aliphatic rings. The van der Waals surface area contributed by atoms with E-state index in [-0.39, 0.29) is 5.60 Å². The Labute approximate surface area is 145 Å². The molecule has 0 N–H and O–H groups in total. The highest BCUT2D eigenvalue weighted by atomic mass is 16.5. The van der Waals surface area contributed by atoms with E-state index in [0.29, 0.717) is 18.6 Å². The molecule has 2 aliphatic heterocycles. The lowest BCUT2D eigenvalue weighted by atomic mass is 9.93. The summed E-state index contributed by atoms with van der Waals surface area (Å²) in [6.07, 6.45) is 1.08. The predicted molar refractivity (Wildman–Crippen MR) is 94.1 cm³/mol. The minimum atomic E-state index is -0.152. The summed E-state index contributed by atoms with van der Waals surface area (Å²) in [6.45, 7) is 12.6. The van der Waals surface area contributed by atoms with Crippen molar-refractivity contribution in [2.75, 3.05) is 46.5 Å². The monoisotopic (exact) mass is 336 g/mol. The van der Waals surface area contributed by atoms with Crippen LogP contribution in [-0.2, 0) is 16.0 Å². The predicted octanol–water partition coefficient (Wildman–Crippen LogP) is 2.54. The van der Waals surface area contributed by atoms with Gasteiger partial charge in [0.05, 0.1) is 26.4 Å². The molecule has 2 saturated heterocycles. The minimum Gasteiger partial charge on any atom is -0.465 e. The zero-order chi connectivity index (χ0) is 17.2. The molecule has 1 spiro atoms. The first kappa shape index (κ1) is 17.9. The topological polar surface area (TPSA) is 38.1 Å². The maximum atomic E-state index is 6.30. The second kappa shape index (κ2) is 7.56. The van der Waals surface area contributed by atoms with Gasteiger partial charge < -0.3 is 18.8 Å². The lowest BCUT2D eigenvalue weighted by Gasteiger charge is -2.31. The summed E-state index contributed by atoms with van der Waals surface area (Å²) >= 11 is 0. The van der Waals surface area contributed by atoms with E-state index >= 15 is 0 Å². The van der Waals surface area contributed by atoms with Crippen LogP contribution in [0.5, 0.6) is 0 Å². The normalized spacial score (nSPS) is 29.0. The van der Waals surface area contributed by atoms with Crippen LogP contribution in [0.3, 0.4) is 0 Å². The van der Waals surface area contributed by atoms with Crippen LogP contribution in [0.15, 0.2) is 16.5 Å². The van der Waals surface area contributed by atoms with Gasteiger partial charge in [-0.1, -0.05) is 0 Å². The molecule has 0 aliphatic carbocycles. The molecule has 1 aromatic heterocycles. The first-order chi connectivity index (χ1) is 11.5. The SMILES string of the molecule is Cc1ccc(CN2CCOCC3(CC(CN(C)C(C)C)CO3)C2)o1. The maximum absolute atomic E-state index is 6.30. The Hall–Kier alpha value is -0.880. The molecule has 0 saturated carbocycles. The number of furan rings is 1. The molecule has 0 aromatic carbocycles. The quantitative estimate of drug-likeness (QED) is 0.826. The molecule has 24 heavy (non-hydrogen) atoms. The number of nitrogens with zero attached hydrogens (tertiary/aromatic N) is 2. The van der Waals surface area contributed by atoms with Gasteiger partial charge in [0, 0.05) is 25.7 Å². The Bertz CT molecular complexity index is 530.